The van der Waals surface area contributed by atoms with Crippen LogP contribution in [0.2, 0.25) is 0 Å². The van der Waals surface area contributed by atoms with Gasteiger partial charge in [-0.2, -0.15) is 18.1 Å². The van der Waals surface area contributed by atoms with Crippen LogP contribution in [0.25, 0.3) is 0 Å². The highest BCUT2D eigenvalue weighted by molar-refractivity contribution is 6.12. The van der Waals surface area contributed by atoms with Gasteiger partial charge in [0.25, 0.3) is 11.7 Å². The van der Waals surface area contributed by atoms with Crippen LogP contribution in [0.1, 0.15) is 41.8 Å². The van der Waals surface area contributed by atoms with Crippen LogP contribution in [0.5, 0.6) is 0 Å². The molecule has 2 N–H and O–H groups in total. The van der Waals surface area contributed by atoms with Crippen molar-refractivity contribution in [2.45, 2.75) is 43.6 Å². The summed E-state index contributed by atoms with van der Waals surface area (Å²) in [5.41, 5.74) is -2.84. The van der Waals surface area contributed by atoms with Gasteiger partial charge in [0.05, 0.1) is 11.8 Å². The molecule has 1 aliphatic carbocycles. The molecule has 1 aromatic carbocycles. The highest BCUT2D eigenvalue weighted by Gasteiger charge is 2.73. The van der Waals surface area contributed by atoms with Crippen molar-refractivity contribution >= 4 is 17.6 Å². The number of benzene rings is 1. The fourth-order valence-electron chi connectivity index (χ4n) is 3.88. The number of carbonyl (C=O) groups is 2. The molecule has 1 saturated carbocycles. The van der Waals surface area contributed by atoms with Crippen LogP contribution in [-0.4, -0.2) is 40.4 Å². The van der Waals surface area contributed by atoms with E-state index in [0.29, 0.717) is 18.4 Å². The van der Waals surface area contributed by atoms with Crippen LogP contribution < -0.4 is 10.3 Å². The van der Waals surface area contributed by atoms with Crippen molar-refractivity contribution in [2.24, 2.45) is 0 Å². The van der Waals surface area contributed by atoms with Crippen molar-refractivity contribution in [2.75, 3.05) is 0 Å². The molecule has 4 rings (SSSR count). The van der Waals surface area contributed by atoms with Gasteiger partial charge in [-0.05, 0) is 49.9 Å². The predicted octanol–water partition coefficient (Wildman–Crippen LogP) is 1.58. The third-order valence-corrected chi connectivity index (χ3v) is 5.29. The molecular formula is C20H19F3N3O3+. The molecule has 1 aromatic heterocycles. The zero-order valence-corrected chi connectivity index (χ0v) is 15.3. The number of hydrogen-bond donors (Lipinski definition) is 2. The molecule has 6 nitrogen and oxygen atoms in total. The normalized spacial score (nSPS) is 22.8. The molecule has 9 heteroatoms. The van der Waals surface area contributed by atoms with E-state index >= 15 is 0 Å². The summed E-state index contributed by atoms with van der Waals surface area (Å²) in [4.78, 5) is 29.1. The molecule has 0 saturated heterocycles. The van der Waals surface area contributed by atoms with Crippen LogP contribution in [-0.2, 0) is 4.79 Å². The monoisotopic (exact) mass is 406 g/mol. The summed E-state index contributed by atoms with van der Waals surface area (Å²) in [6.45, 7) is 0. The number of carbonyl (C=O) groups excluding carboxylic acids is 2. The molecule has 1 fully saturated rings. The number of amidine groups is 1. The van der Waals surface area contributed by atoms with Gasteiger partial charge in [-0.3, -0.25) is 10.1 Å². The highest BCUT2D eigenvalue weighted by atomic mass is 19.4. The quantitative estimate of drug-likeness (QED) is 0.810. The fraction of sp³-hybridized carbons (Fsp3) is 0.350. The summed E-state index contributed by atoms with van der Waals surface area (Å²) in [6.07, 6.45) is -1.05. The number of nitrogens with zero attached hydrogens (tertiary/aromatic N) is 1. The highest BCUT2D eigenvalue weighted by Crippen LogP contribution is 2.34. The van der Waals surface area contributed by atoms with Crippen molar-refractivity contribution in [1.82, 2.24) is 10.2 Å². The molecule has 0 unspecified atom stereocenters. The Morgan fingerprint density at radius 3 is 2.41 bits per heavy atom. The first-order valence-electron chi connectivity index (χ1n) is 9.30. The summed E-state index contributed by atoms with van der Waals surface area (Å²) in [6, 6.07) is 10.6. The number of halogens is 3. The first kappa shape index (κ1) is 19.2. The van der Waals surface area contributed by atoms with Gasteiger partial charge in [0.15, 0.2) is 5.76 Å². The predicted molar refractivity (Wildman–Crippen MR) is 95.6 cm³/mol. The largest absolute Gasteiger partial charge is 0.465 e. The molecule has 0 radical (unpaired) electrons. The van der Waals surface area contributed by atoms with Gasteiger partial charge >= 0.3 is 17.7 Å². The van der Waals surface area contributed by atoms with Gasteiger partial charge in [-0.15, -0.1) is 0 Å². The average molecular weight is 406 g/mol. The van der Waals surface area contributed by atoms with Crippen LogP contribution >= 0.6 is 0 Å². The van der Waals surface area contributed by atoms with E-state index in [0.717, 1.165) is 17.7 Å². The lowest BCUT2D eigenvalue weighted by molar-refractivity contribution is -0.580. The topological polar surface area (TPSA) is 76.5 Å². The number of alkyl halides is 3. The molecule has 2 aromatic rings. The SMILES string of the molecule is O=C(N[C@@]1(C(F)(F)F)[NH+]=C(c2ccccc2)N(C2CCCC2)C1=O)c1ccco1. The molecule has 2 aliphatic rings. The maximum atomic E-state index is 14.2. The minimum Gasteiger partial charge on any atom is -0.459 e. The van der Waals surface area contributed by atoms with Gasteiger partial charge < -0.3 is 4.42 Å². The summed E-state index contributed by atoms with van der Waals surface area (Å²) >= 11 is 0. The van der Waals surface area contributed by atoms with Crippen LogP contribution in [0, 0.1) is 0 Å². The number of nitrogens with one attached hydrogen (secondary N) is 2. The van der Waals surface area contributed by atoms with Crippen LogP contribution in [0.15, 0.2) is 53.1 Å². The van der Waals surface area contributed by atoms with E-state index in [1.54, 1.807) is 30.3 Å². The zero-order chi connectivity index (χ0) is 20.6. The Morgan fingerprint density at radius 2 is 1.83 bits per heavy atom. The van der Waals surface area contributed by atoms with Crippen LogP contribution in [0.4, 0.5) is 13.2 Å². The molecule has 2 amide bonds. The number of furan rings is 1. The Balaban J connectivity index is 1.82. The molecule has 2 heterocycles. The first-order valence-corrected chi connectivity index (χ1v) is 9.30. The third-order valence-electron chi connectivity index (χ3n) is 5.29. The van der Waals surface area contributed by atoms with Gasteiger partial charge in [-0.1, -0.05) is 18.2 Å². The maximum absolute atomic E-state index is 14.2. The Bertz CT molecular complexity index is 935. The lowest BCUT2D eigenvalue weighted by atomic mass is 10.1. The summed E-state index contributed by atoms with van der Waals surface area (Å²) in [5, 5.41) is 1.86. The zero-order valence-electron chi connectivity index (χ0n) is 15.3. The van der Waals surface area contributed by atoms with Gasteiger partial charge in [0.1, 0.15) is 6.04 Å². The number of rotatable bonds is 4. The third kappa shape index (κ3) is 3.20. The molecule has 152 valence electrons. The second-order valence-corrected chi connectivity index (χ2v) is 7.13. The summed E-state index contributed by atoms with van der Waals surface area (Å²) in [5.74, 6) is -2.65. The minimum atomic E-state index is -5.08. The smallest absolute Gasteiger partial charge is 0.459 e. The lowest BCUT2D eigenvalue weighted by Crippen LogP contribution is -2.96. The number of hydrogen-bond acceptors (Lipinski definition) is 3. The minimum absolute atomic E-state index is 0.0413. The Hall–Kier alpha value is -3.10. The molecule has 0 bridgehead atoms. The number of amides is 2. The molecule has 1 atom stereocenters. The van der Waals surface area contributed by atoms with Crippen molar-refractivity contribution in [3.63, 3.8) is 0 Å². The average Bonchev–Trinajstić information content (AvgIpc) is 3.43. The lowest BCUT2D eigenvalue weighted by Gasteiger charge is -2.25. The Kier molecular flexibility index (Phi) is 4.68. The second kappa shape index (κ2) is 7.06. The van der Waals surface area contributed by atoms with E-state index in [1.807, 2.05) is 5.32 Å². The Morgan fingerprint density at radius 1 is 1.14 bits per heavy atom. The maximum Gasteiger partial charge on any atom is 0.465 e. The van der Waals surface area contributed by atoms with E-state index < -0.39 is 23.7 Å². The van der Waals surface area contributed by atoms with Crippen molar-refractivity contribution in [1.29, 1.82) is 0 Å². The molecule has 29 heavy (non-hydrogen) atoms. The summed E-state index contributed by atoms with van der Waals surface area (Å²) < 4.78 is 47.6. The molecule has 0 spiro atoms. The molecule has 1 aliphatic heterocycles. The van der Waals surface area contributed by atoms with Gasteiger partial charge in [-0.25, -0.2) is 9.79 Å². The van der Waals surface area contributed by atoms with Crippen molar-refractivity contribution in [3.8, 4) is 0 Å². The molecular weight excluding hydrogens is 387 g/mol. The van der Waals surface area contributed by atoms with E-state index in [-0.39, 0.29) is 17.6 Å². The van der Waals surface area contributed by atoms with E-state index in [9.17, 15) is 22.8 Å². The van der Waals surface area contributed by atoms with Crippen molar-refractivity contribution < 1.29 is 32.2 Å². The van der Waals surface area contributed by atoms with Crippen molar-refractivity contribution in [3.05, 3.63) is 60.1 Å². The fourth-order valence-corrected chi connectivity index (χ4v) is 3.88. The van der Waals surface area contributed by atoms with Gasteiger partial charge in [0.2, 0.25) is 0 Å². The first-order chi connectivity index (χ1) is 13.8. The summed E-state index contributed by atoms with van der Waals surface area (Å²) in [7, 11) is 0. The standard InChI is InChI=1S/C20H18F3N3O3/c21-20(22,23)19(25-17(27)15-11-6-12-29-15)18(28)26(14-9-4-5-10-14)16(24-19)13-7-2-1-3-8-13/h1-3,6-8,11-12,14H,4-5,9-10H2,(H,25,27)/p+1/t19-/m0/s1. The van der Waals surface area contributed by atoms with Crippen LogP contribution in [0.3, 0.4) is 0 Å². The van der Waals surface area contributed by atoms with E-state index in [2.05, 4.69) is 4.99 Å². The Labute approximate surface area is 164 Å². The van der Waals surface area contributed by atoms with E-state index in [4.69, 9.17) is 4.42 Å². The second-order valence-electron chi connectivity index (χ2n) is 7.13. The van der Waals surface area contributed by atoms with Gasteiger partial charge in [0, 0.05) is 0 Å². The van der Waals surface area contributed by atoms with E-state index in [1.165, 1.54) is 18.4 Å².